The molecule has 0 atom stereocenters. The number of benzene rings is 2. The summed E-state index contributed by atoms with van der Waals surface area (Å²) in [6, 6.07) is 7.66. The molecule has 0 aliphatic rings. The summed E-state index contributed by atoms with van der Waals surface area (Å²) in [7, 11) is 0. The van der Waals surface area contributed by atoms with Crippen LogP contribution in [0.5, 0.6) is 5.75 Å². The minimum absolute atomic E-state index is 0.180. The van der Waals surface area contributed by atoms with E-state index in [9.17, 15) is 13.6 Å². The molecule has 21 heavy (non-hydrogen) atoms. The predicted octanol–water partition coefficient (Wildman–Crippen LogP) is 2.87. The van der Waals surface area contributed by atoms with Crippen LogP contribution in [-0.2, 0) is 4.79 Å². The van der Waals surface area contributed by atoms with Gasteiger partial charge in [0.25, 0.3) is 5.91 Å². The van der Waals surface area contributed by atoms with E-state index in [-0.39, 0.29) is 23.8 Å². The molecule has 3 N–H and O–H groups in total. The molecule has 0 saturated carbocycles. The number of hydrogen-bond acceptors (Lipinski definition) is 3. The first kappa shape index (κ1) is 14.8. The molecule has 2 aromatic carbocycles. The summed E-state index contributed by atoms with van der Waals surface area (Å²) in [4.78, 5) is 11.7. The molecule has 0 fully saturated rings. The van der Waals surface area contributed by atoms with E-state index in [0.29, 0.717) is 11.3 Å². The molecule has 110 valence electrons. The van der Waals surface area contributed by atoms with E-state index in [1.54, 1.807) is 6.92 Å². The van der Waals surface area contributed by atoms with Gasteiger partial charge in [-0.3, -0.25) is 4.79 Å². The van der Waals surface area contributed by atoms with Crippen molar-refractivity contribution < 1.29 is 18.3 Å². The summed E-state index contributed by atoms with van der Waals surface area (Å²) in [5.74, 6) is -0.971. The molecule has 2 aromatic rings. The third kappa shape index (κ3) is 3.92. The molecule has 2 rings (SSSR count). The van der Waals surface area contributed by atoms with E-state index in [1.807, 2.05) is 0 Å². The van der Waals surface area contributed by atoms with Gasteiger partial charge in [0.1, 0.15) is 17.4 Å². The molecular weight excluding hydrogens is 278 g/mol. The number of nitrogens with two attached hydrogens (primary N) is 1. The highest BCUT2D eigenvalue weighted by molar-refractivity contribution is 5.94. The number of halogens is 2. The maximum Gasteiger partial charge on any atom is 0.262 e. The van der Waals surface area contributed by atoms with Crippen LogP contribution in [0.25, 0.3) is 0 Å². The maximum absolute atomic E-state index is 13.1. The van der Waals surface area contributed by atoms with Gasteiger partial charge >= 0.3 is 0 Å². The zero-order chi connectivity index (χ0) is 15.4. The first-order chi connectivity index (χ1) is 9.95. The lowest BCUT2D eigenvalue weighted by atomic mass is 10.2. The lowest BCUT2D eigenvalue weighted by molar-refractivity contribution is -0.118. The fourth-order valence-electron chi connectivity index (χ4n) is 1.74. The van der Waals surface area contributed by atoms with E-state index in [2.05, 4.69) is 5.32 Å². The Morgan fingerprint density at radius 1 is 1.19 bits per heavy atom. The van der Waals surface area contributed by atoms with Crippen molar-refractivity contribution in [2.24, 2.45) is 0 Å². The number of carbonyl (C=O) groups is 1. The van der Waals surface area contributed by atoms with Crippen LogP contribution in [0.4, 0.5) is 20.2 Å². The van der Waals surface area contributed by atoms with Gasteiger partial charge in [-0.15, -0.1) is 0 Å². The van der Waals surface area contributed by atoms with E-state index in [4.69, 9.17) is 10.5 Å². The smallest absolute Gasteiger partial charge is 0.262 e. The Labute approximate surface area is 120 Å². The highest BCUT2D eigenvalue weighted by Crippen LogP contribution is 2.20. The second-order valence-electron chi connectivity index (χ2n) is 4.48. The molecule has 0 spiro atoms. The third-order valence-corrected chi connectivity index (χ3v) is 2.79. The van der Waals surface area contributed by atoms with E-state index >= 15 is 0 Å². The average molecular weight is 292 g/mol. The molecular formula is C15H14F2N2O2. The number of rotatable bonds is 4. The largest absolute Gasteiger partial charge is 0.483 e. The van der Waals surface area contributed by atoms with Gasteiger partial charge in [-0.05, 0) is 48.9 Å². The quantitative estimate of drug-likeness (QED) is 0.852. The first-order valence-corrected chi connectivity index (χ1v) is 6.19. The average Bonchev–Trinajstić information content (AvgIpc) is 2.42. The van der Waals surface area contributed by atoms with Gasteiger partial charge in [0.05, 0.1) is 11.4 Å². The fourth-order valence-corrected chi connectivity index (χ4v) is 1.74. The minimum atomic E-state index is -0.505. The summed E-state index contributed by atoms with van der Waals surface area (Å²) in [6.45, 7) is 1.38. The Balaban J connectivity index is 1.97. The highest BCUT2D eigenvalue weighted by atomic mass is 19.1. The Morgan fingerprint density at radius 2 is 1.86 bits per heavy atom. The topological polar surface area (TPSA) is 64.3 Å². The molecule has 0 aromatic heterocycles. The van der Waals surface area contributed by atoms with Crippen LogP contribution in [0.2, 0.25) is 0 Å². The van der Waals surface area contributed by atoms with Crippen molar-refractivity contribution in [3.63, 3.8) is 0 Å². The van der Waals surface area contributed by atoms with Crippen LogP contribution < -0.4 is 15.8 Å². The van der Waals surface area contributed by atoms with E-state index in [0.717, 1.165) is 6.07 Å². The summed E-state index contributed by atoms with van der Waals surface area (Å²) >= 11 is 0. The standard InChI is InChI=1S/C15H14F2N2O2/c1-9-6-10(16)3-5-14(9)21-8-15(20)19-13-7-11(17)2-4-12(13)18/h2-7H,8,18H2,1H3,(H,19,20). The van der Waals surface area contributed by atoms with Gasteiger partial charge in [-0.2, -0.15) is 0 Å². The van der Waals surface area contributed by atoms with Gasteiger partial charge in [0.2, 0.25) is 0 Å². The van der Waals surface area contributed by atoms with Crippen molar-refractivity contribution in [1.29, 1.82) is 0 Å². The Bertz CT molecular complexity index is 675. The second kappa shape index (κ2) is 6.21. The molecule has 0 heterocycles. The van der Waals surface area contributed by atoms with Crippen molar-refractivity contribution >= 4 is 17.3 Å². The lowest BCUT2D eigenvalue weighted by Crippen LogP contribution is -2.21. The molecule has 4 nitrogen and oxygen atoms in total. The number of amides is 1. The van der Waals surface area contributed by atoms with Gasteiger partial charge < -0.3 is 15.8 Å². The van der Waals surface area contributed by atoms with Crippen LogP contribution >= 0.6 is 0 Å². The molecule has 0 bridgehead atoms. The lowest BCUT2D eigenvalue weighted by Gasteiger charge is -2.11. The van der Waals surface area contributed by atoms with E-state index < -0.39 is 11.7 Å². The number of ether oxygens (including phenoxy) is 1. The number of nitrogens with one attached hydrogen (secondary N) is 1. The van der Waals surface area contributed by atoms with Crippen molar-refractivity contribution in [2.75, 3.05) is 17.7 Å². The normalized spacial score (nSPS) is 10.2. The van der Waals surface area contributed by atoms with Gasteiger partial charge in [-0.25, -0.2) is 8.78 Å². The number of nitrogen functional groups attached to an aromatic ring is 1. The molecule has 0 radical (unpaired) electrons. The van der Waals surface area contributed by atoms with Crippen LogP contribution in [-0.4, -0.2) is 12.5 Å². The van der Waals surface area contributed by atoms with E-state index in [1.165, 1.54) is 30.3 Å². The van der Waals surface area contributed by atoms with Crippen molar-refractivity contribution in [2.45, 2.75) is 6.92 Å². The van der Waals surface area contributed by atoms with Gasteiger partial charge in [0, 0.05) is 0 Å². The van der Waals surface area contributed by atoms with Crippen molar-refractivity contribution in [3.05, 3.63) is 53.6 Å². The van der Waals surface area contributed by atoms with Crippen LogP contribution in [0.15, 0.2) is 36.4 Å². The van der Waals surface area contributed by atoms with Crippen LogP contribution in [0, 0.1) is 18.6 Å². The number of hydrogen-bond donors (Lipinski definition) is 2. The molecule has 0 saturated heterocycles. The summed E-state index contributed by atoms with van der Waals surface area (Å²) in [6.07, 6.45) is 0. The first-order valence-electron chi connectivity index (χ1n) is 6.19. The Kier molecular flexibility index (Phi) is 4.37. The second-order valence-corrected chi connectivity index (χ2v) is 4.48. The van der Waals surface area contributed by atoms with Gasteiger partial charge in [0.15, 0.2) is 6.61 Å². The molecule has 0 aliphatic heterocycles. The summed E-state index contributed by atoms with van der Waals surface area (Å²) < 4.78 is 31.3. The third-order valence-electron chi connectivity index (χ3n) is 2.79. The fraction of sp³-hybridized carbons (Fsp3) is 0.133. The Hall–Kier alpha value is -2.63. The van der Waals surface area contributed by atoms with Crippen LogP contribution in [0.3, 0.4) is 0 Å². The predicted molar refractivity (Wildman–Crippen MR) is 76.1 cm³/mol. The van der Waals surface area contributed by atoms with Crippen molar-refractivity contribution in [3.8, 4) is 5.75 Å². The molecule has 0 aliphatic carbocycles. The number of anilines is 2. The van der Waals surface area contributed by atoms with Crippen LogP contribution in [0.1, 0.15) is 5.56 Å². The van der Waals surface area contributed by atoms with Crippen molar-refractivity contribution in [1.82, 2.24) is 0 Å². The molecule has 0 unspecified atom stereocenters. The molecule has 1 amide bonds. The molecule has 6 heteroatoms. The zero-order valence-electron chi connectivity index (χ0n) is 11.3. The zero-order valence-corrected chi connectivity index (χ0v) is 11.3. The summed E-state index contributed by atoms with van der Waals surface area (Å²) in [5, 5.41) is 2.45. The van der Waals surface area contributed by atoms with Gasteiger partial charge in [-0.1, -0.05) is 0 Å². The summed E-state index contributed by atoms with van der Waals surface area (Å²) in [5.41, 5.74) is 6.63. The number of carbonyl (C=O) groups excluding carboxylic acids is 1. The Morgan fingerprint density at radius 3 is 2.57 bits per heavy atom. The SMILES string of the molecule is Cc1cc(F)ccc1OCC(=O)Nc1cc(F)ccc1N. The highest BCUT2D eigenvalue weighted by Gasteiger charge is 2.08. The number of aryl methyl sites for hydroxylation is 1. The maximum atomic E-state index is 13.1. The minimum Gasteiger partial charge on any atom is -0.483 e. The monoisotopic (exact) mass is 292 g/mol.